The molecule has 0 saturated carbocycles. The SMILES string of the molecule is COC(=O)Cc1c(Cl)ccc(NS(C)(=O)=O)c1Cl. The molecule has 0 radical (unpaired) electrons. The summed E-state index contributed by atoms with van der Waals surface area (Å²) >= 11 is 11.9. The zero-order valence-corrected chi connectivity index (χ0v) is 12.0. The van der Waals surface area contributed by atoms with Gasteiger partial charge in [-0.3, -0.25) is 9.52 Å². The molecule has 1 aromatic carbocycles. The topological polar surface area (TPSA) is 72.5 Å². The number of halogens is 2. The summed E-state index contributed by atoms with van der Waals surface area (Å²) in [6.07, 6.45) is 0.866. The summed E-state index contributed by atoms with van der Waals surface area (Å²) in [5.74, 6) is -0.518. The number of carbonyl (C=O) groups excluding carboxylic acids is 1. The highest BCUT2D eigenvalue weighted by molar-refractivity contribution is 7.92. The monoisotopic (exact) mass is 311 g/mol. The normalized spacial score (nSPS) is 11.1. The van der Waals surface area contributed by atoms with Crippen molar-refractivity contribution in [1.82, 2.24) is 0 Å². The zero-order chi connectivity index (χ0) is 13.9. The number of ether oxygens (including phenoxy) is 1. The molecule has 0 unspecified atom stereocenters. The van der Waals surface area contributed by atoms with Gasteiger partial charge in [-0.15, -0.1) is 0 Å². The van der Waals surface area contributed by atoms with E-state index in [2.05, 4.69) is 9.46 Å². The lowest BCUT2D eigenvalue weighted by atomic mass is 10.1. The highest BCUT2D eigenvalue weighted by atomic mass is 35.5. The molecule has 0 saturated heterocycles. The molecule has 5 nitrogen and oxygen atoms in total. The van der Waals surface area contributed by atoms with Crippen molar-refractivity contribution in [3.05, 3.63) is 27.7 Å². The average molecular weight is 312 g/mol. The van der Waals surface area contributed by atoms with E-state index in [1.165, 1.54) is 19.2 Å². The van der Waals surface area contributed by atoms with Gasteiger partial charge in [-0.1, -0.05) is 23.2 Å². The van der Waals surface area contributed by atoms with Crippen molar-refractivity contribution < 1.29 is 17.9 Å². The Morgan fingerprint density at radius 1 is 1.39 bits per heavy atom. The standard InChI is InChI=1S/C10H11Cl2NO4S/c1-17-9(14)5-6-7(11)3-4-8(10(6)12)13-18(2,15)16/h3-4,13H,5H2,1-2H3. The quantitative estimate of drug-likeness (QED) is 0.864. The largest absolute Gasteiger partial charge is 0.469 e. The minimum Gasteiger partial charge on any atom is -0.469 e. The number of hydrogen-bond acceptors (Lipinski definition) is 4. The van der Waals surface area contributed by atoms with Crippen molar-refractivity contribution in [3.63, 3.8) is 0 Å². The van der Waals surface area contributed by atoms with Gasteiger partial charge < -0.3 is 4.74 Å². The van der Waals surface area contributed by atoms with Gasteiger partial charge in [0.1, 0.15) is 0 Å². The van der Waals surface area contributed by atoms with E-state index in [4.69, 9.17) is 23.2 Å². The van der Waals surface area contributed by atoms with Crippen molar-refractivity contribution >= 4 is 44.9 Å². The molecule has 0 aliphatic heterocycles. The summed E-state index contributed by atoms with van der Waals surface area (Å²) in [6, 6.07) is 2.88. The van der Waals surface area contributed by atoms with Crippen LogP contribution in [0.5, 0.6) is 0 Å². The lowest BCUT2D eigenvalue weighted by Gasteiger charge is -2.11. The third-order valence-electron chi connectivity index (χ3n) is 2.03. The first-order valence-electron chi connectivity index (χ1n) is 4.76. The zero-order valence-electron chi connectivity index (χ0n) is 9.66. The van der Waals surface area contributed by atoms with Crippen molar-refractivity contribution in [2.24, 2.45) is 0 Å². The van der Waals surface area contributed by atoms with E-state index in [1.807, 2.05) is 0 Å². The molecule has 0 atom stereocenters. The lowest BCUT2D eigenvalue weighted by molar-refractivity contribution is -0.139. The molecular formula is C10H11Cl2NO4S. The Labute approximate surface area is 115 Å². The van der Waals surface area contributed by atoms with Crippen molar-refractivity contribution in [2.75, 3.05) is 18.1 Å². The molecule has 0 amide bonds. The Morgan fingerprint density at radius 2 is 2.00 bits per heavy atom. The summed E-state index contributed by atoms with van der Waals surface area (Å²) in [7, 11) is -2.22. The van der Waals surface area contributed by atoms with Crippen LogP contribution < -0.4 is 4.72 Å². The van der Waals surface area contributed by atoms with Gasteiger partial charge in [0.25, 0.3) is 0 Å². The Kier molecular flexibility index (Phi) is 4.84. The van der Waals surface area contributed by atoms with Gasteiger partial charge in [-0.25, -0.2) is 8.42 Å². The second kappa shape index (κ2) is 5.77. The first-order valence-corrected chi connectivity index (χ1v) is 7.41. The van der Waals surface area contributed by atoms with Crippen LogP contribution in [0.3, 0.4) is 0 Å². The fourth-order valence-electron chi connectivity index (χ4n) is 1.25. The van der Waals surface area contributed by atoms with E-state index in [-0.39, 0.29) is 22.2 Å². The number of esters is 1. The van der Waals surface area contributed by atoms with Crippen LogP contribution in [-0.2, 0) is 26.0 Å². The second-order valence-corrected chi connectivity index (χ2v) is 6.05. The summed E-state index contributed by atoms with van der Waals surface area (Å²) < 4.78 is 29.0. The first kappa shape index (κ1) is 15.1. The molecular weight excluding hydrogens is 301 g/mol. The molecule has 1 N–H and O–H groups in total. The summed E-state index contributed by atoms with van der Waals surface area (Å²) in [4.78, 5) is 11.2. The summed E-state index contributed by atoms with van der Waals surface area (Å²) in [5.41, 5.74) is 0.487. The highest BCUT2D eigenvalue weighted by Gasteiger charge is 2.16. The summed E-state index contributed by atoms with van der Waals surface area (Å²) in [5, 5.41) is 0.350. The predicted octanol–water partition coefficient (Wildman–Crippen LogP) is 2.08. The van der Waals surface area contributed by atoms with Gasteiger partial charge in [0.05, 0.1) is 30.5 Å². The minimum atomic E-state index is -3.46. The predicted molar refractivity (Wildman–Crippen MR) is 70.6 cm³/mol. The van der Waals surface area contributed by atoms with E-state index in [1.54, 1.807) is 0 Å². The van der Waals surface area contributed by atoms with Gasteiger partial charge in [-0.2, -0.15) is 0 Å². The highest BCUT2D eigenvalue weighted by Crippen LogP contribution is 2.32. The van der Waals surface area contributed by atoms with Crippen molar-refractivity contribution in [3.8, 4) is 0 Å². The van der Waals surface area contributed by atoms with E-state index in [0.29, 0.717) is 5.56 Å². The van der Waals surface area contributed by atoms with Crippen LogP contribution in [0.25, 0.3) is 0 Å². The molecule has 8 heteroatoms. The van der Waals surface area contributed by atoms with Crippen LogP contribution in [-0.4, -0.2) is 27.8 Å². The molecule has 1 aromatic rings. The van der Waals surface area contributed by atoms with Crippen molar-refractivity contribution in [2.45, 2.75) is 6.42 Å². The average Bonchev–Trinajstić information content (AvgIpc) is 2.26. The Bertz CT molecular complexity index is 571. The maximum atomic E-state index is 11.2. The molecule has 0 bridgehead atoms. The summed E-state index contributed by atoms with van der Waals surface area (Å²) in [6.45, 7) is 0. The van der Waals surface area contributed by atoms with Gasteiger partial charge in [0.15, 0.2) is 0 Å². The number of nitrogens with one attached hydrogen (secondary N) is 1. The number of rotatable bonds is 4. The number of anilines is 1. The van der Waals surface area contributed by atoms with E-state index < -0.39 is 16.0 Å². The molecule has 100 valence electrons. The Morgan fingerprint density at radius 3 is 2.50 bits per heavy atom. The number of hydrogen-bond donors (Lipinski definition) is 1. The molecule has 0 fully saturated rings. The fourth-order valence-corrected chi connectivity index (χ4v) is 2.43. The first-order chi connectivity index (χ1) is 8.24. The second-order valence-electron chi connectivity index (χ2n) is 3.51. The number of methoxy groups -OCH3 is 1. The maximum absolute atomic E-state index is 11.2. The van der Waals surface area contributed by atoms with E-state index in [0.717, 1.165) is 6.26 Å². The van der Waals surface area contributed by atoms with E-state index >= 15 is 0 Å². The number of benzene rings is 1. The fraction of sp³-hybridized carbons (Fsp3) is 0.300. The van der Waals surface area contributed by atoms with Crippen LogP contribution >= 0.6 is 23.2 Å². The maximum Gasteiger partial charge on any atom is 0.310 e. The molecule has 0 aliphatic rings. The number of sulfonamides is 1. The Balaban J connectivity index is 3.18. The molecule has 0 spiro atoms. The third kappa shape index (κ3) is 4.04. The smallest absolute Gasteiger partial charge is 0.310 e. The van der Waals surface area contributed by atoms with Gasteiger partial charge in [0.2, 0.25) is 10.0 Å². The van der Waals surface area contributed by atoms with Crippen LogP contribution in [0.1, 0.15) is 5.56 Å². The lowest BCUT2D eigenvalue weighted by Crippen LogP contribution is -2.11. The van der Waals surface area contributed by atoms with Crippen LogP contribution in [0.4, 0.5) is 5.69 Å². The third-order valence-corrected chi connectivity index (χ3v) is 3.41. The van der Waals surface area contributed by atoms with Crippen LogP contribution in [0, 0.1) is 0 Å². The molecule has 1 rings (SSSR count). The molecule has 0 aromatic heterocycles. The number of carbonyl (C=O) groups is 1. The van der Waals surface area contributed by atoms with Gasteiger partial charge in [0, 0.05) is 10.6 Å². The molecule has 0 aliphatic carbocycles. The minimum absolute atomic E-state index is 0.0818. The van der Waals surface area contributed by atoms with Crippen LogP contribution in [0.15, 0.2) is 12.1 Å². The van der Waals surface area contributed by atoms with Crippen LogP contribution in [0.2, 0.25) is 10.0 Å². The van der Waals surface area contributed by atoms with Gasteiger partial charge >= 0.3 is 5.97 Å². The van der Waals surface area contributed by atoms with Crippen molar-refractivity contribution in [1.29, 1.82) is 0 Å². The molecule has 18 heavy (non-hydrogen) atoms. The van der Waals surface area contributed by atoms with E-state index in [9.17, 15) is 13.2 Å². The molecule has 0 heterocycles. The Hall–Kier alpha value is -0.980. The van der Waals surface area contributed by atoms with Gasteiger partial charge in [-0.05, 0) is 12.1 Å².